The maximum atomic E-state index is 13.0. The van der Waals surface area contributed by atoms with Crippen molar-refractivity contribution in [3.63, 3.8) is 0 Å². The minimum atomic E-state index is -4.94. The van der Waals surface area contributed by atoms with E-state index in [1.54, 1.807) is 6.07 Å². The van der Waals surface area contributed by atoms with E-state index in [1.165, 1.54) is 24.3 Å². The van der Waals surface area contributed by atoms with Gasteiger partial charge in [-0.1, -0.05) is 42.5 Å². The van der Waals surface area contributed by atoms with Crippen LogP contribution in [0, 0.1) is 0 Å². The number of halogens is 3. The smallest absolute Gasteiger partial charge is 0.416 e. The van der Waals surface area contributed by atoms with Gasteiger partial charge in [0, 0.05) is 0 Å². The summed E-state index contributed by atoms with van der Waals surface area (Å²) >= 11 is 0. The van der Waals surface area contributed by atoms with Crippen LogP contribution < -0.4 is 5.73 Å². The highest BCUT2D eigenvalue weighted by atomic mass is 32.2. The van der Waals surface area contributed by atoms with Crippen LogP contribution in [0.4, 0.5) is 13.2 Å². The first-order chi connectivity index (χ1) is 14.2. The zero-order valence-corrected chi connectivity index (χ0v) is 16.4. The molecule has 6 radical (unpaired) electrons. The first-order valence-corrected chi connectivity index (χ1v) is 9.88. The van der Waals surface area contributed by atoms with Gasteiger partial charge in [-0.3, -0.25) is 4.79 Å². The third-order valence-electron chi connectivity index (χ3n) is 4.49. The Balaban J connectivity index is 1.95. The normalized spacial score (nSPS) is 19.9. The molecule has 0 amide bonds. The van der Waals surface area contributed by atoms with Gasteiger partial charge in [0.2, 0.25) is 17.4 Å². The number of rotatable bonds is 5. The molecule has 3 rings (SSSR count). The molecule has 0 spiro atoms. The Morgan fingerprint density at radius 3 is 2.16 bits per heavy atom. The monoisotopic (exact) mass is 443 g/mol. The maximum absolute atomic E-state index is 13.0. The van der Waals surface area contributed by atoms with Crippen LogP contribution in [-0.2, 0) is 40.1 Å². The molecule has 0 aliphatic carbocycles. The molecule has 13 heteroatoms. The number of hydrogen-bond donors (Lipinski definition) is 1. The number of carbonyl (C=O) groups is 1. The number of ether oxygens (including phenoxy) is 1. The second-order valence-corrected chi connectivity index (χ2v) is 8.39. The molecule has 2 N–H and O–H groups in total. The highest BCUT2D eigenvalue weighted by Crippen LogP contribution is 2.39. The van der Waals surface area contributed by atoms with Gasteiger partial charge < -0.3 is 14.7 Å². The first kappa shape index (κ1) is 22.9. The van der Waals surface area contributed by atoms with Crippen molar-refractivity contribution in [2.75, 3.05) is 0 Å². The molecule has 0 saturated heterocycles. The fourth-order valence-corrected chi connectivity index (χ4v) is 3.70. The molecule has 2 aromatic carbocycles. The molecule has 0 aromatic heterocycles. The summed E-state index contributed by atoms with van der Waals surface area (Å²) in [6, 6.07) is 10.5. The highest BCUT2D eigenvalue weighted by Gasteiger charge is 2.50. The number of Topliss-reactive ketones (excluding diaryl/α,β-unsaturated/α-hetero) is 1. The number of benzene rings is 2. The van der Waals surface area contributed by atoms with Crippen molar-refractivity contribution >= 4 is 39.4 Å². The predicted molar refractivity (Wildman–Crippen MR) is 106 cm³/mol. The minimum absolute atomic E-state index is 0.0718. The number of alkyl halides is 3. The van der Waals surface area contributed by atoms with Crippen molar-refractivity contribution in [1.82, 2.24) is 0 Å². The van der Waals surface area contributed by atoms with E-state index < -0.39 is 54.9 Å². The largest absolute Gasteiger partial charge is 0.467 e. The average molecular weight is 443 g/mol. The van der Waals surface area contributed by atoms with Gasteiger partial charge in [-0.05, 0) is 23.3 Å². The van der Waals surface area contributed by atoms with E-state index in [1.807, 2.05) is 0 Å². The summed E-state index contributed by atoms with van der Waals surface area (Å²) in [6.45, 7) is 0. The standard InChI is InChI=1S/C18H11B3F3NO5S/c19-16(11-7-4-8-12(9-11)18(22,23)24)14(26)13(15(25)29-16)30-31(27,28)17(20,21)10-5-2-1-3-6-10/h1-9H,25H2/t16-/m0/s1. The minimum Gasteiger partial charge on any atom is -0.467 e. The topological polar surface area (TPSA) is 95.7 Å². The summed E-state index contributed by atoms with van der Waals surface area (Å²) in [6.07, 6.45) is -4.73. The van der Waals surface area contributed by atoms with Crippen LogP contribution in [0.15, 0.2) is 66.2 Å². The predicted octanol–water partition coefficient (Wildman–Crippen LogP) is 1.25. The van der Waals surface area contributed by atoms with Crippen LogP contribution in [-0.4, -0.2) is 37.7 Å². The van der Waals surface area contributed by atoms with E-state index in [0.717, 1.165) is 18.2 Å². The lowest BCUT2D eigenvalue weighted by molar-refractivity contribution is -0.138. The highest BCUT2D eigenvalue weighted by molar-refractivity contribution is 7.90. The van der Waals surface area contributed by atoms with E-state index in [4.69, 9.17) is 38.2 Å². The van der Waals surface area contributed by atoms with Gasteiger partial charge >= 0.3 is 16.3 Å². The van der Waals surface area contributed by atoms with Crippen molar-refractivity contribution in [3.8, 4) is 0 Å². The molecule has 154 valence electrons. The molecule has 1 atom stereocenters. The van der Waals surface area contributed by atoms with Gasteiger partial charge in [-0.15, -0.1) is 0 Å². The molecule has 1 heterocycles. The molecule has 31 heavy (non-hydrogen) atoms. The Morgan fingerprint density at radius 2 is 1.58 bits per heavy atom. The molecular formula is C18H11B3F3NO5S. The average Bonchev–Trinajstić information content (AvgIpc) is 2.92. The maximum Gasteiger partial charge on any atom is 0.416 e. The van der Waals surface area contributed by atoms with Crippen molar-refractivity contribution in [1.29, 1.82) is 0 Å². The summed E-state index contributed by atoms with van der Waals surface area (Å²) < 4.78 is 71.6. The van der Waals surface area contributed by atoms with Gasteiger partial charge in [0.1, 0.15) is 7.85 Å². The summed E-state index contributed by atoms with van der Waals surface area (Å²) in [4.78, 5) is 12.8. The number of nitrogens with two attached hydrogens (primary N) is 1. The van der Waals surface area contributed by atoms with Gasteiger partial charge in [-0.25, -0.2) is 0 Å². The zero-order valence-electron chi connectivity index (χ0n) is 15.6. The zero-order chi connectivity index (χ0) is 23.2. The molecule has 0 bridgehead atoms. The Kier molecular flexibility index (Phi) is 5.46. The first-order valence-electron chi connectivity index (χ1n) is 8.47. The van der Waals surface area contributed by atoms with Crippen molar-refractivity contribution in [2.45, 2.75) is 16.2 Å². The quantitative estimate of drug-likeness (QED) is 0.553. The second-order valence-electron chi connectivity index (χ2n) is 6.64. The summed E-state index contributed by atoms with van der Waals surface area (Å²) in [7, 11) is 12.4. The summed E-state index contributed by atoms with van der Waals surface area (Å²) in [5, 5.41) is 0. The van der Waals surface area contributed by atoms with Crippen LogP contribution in [0.5, 0.6) is 0 Å². The molecule has 2 aromatic rings. The lowest BCUT2D eigenvalue weighted by Gasteiger charge is -2.26. The van der Waals surface area contributed by atoms with Gasteiger partial charge in [0.15, 0.2) is 5.50 Å². The van der Waals surface area contributed by atoms with Crippen LogP contribution in [0.1, 0.15) is 16.7 Å². The fourth-order valence-electron chi connectivity index (χ4n) is 2.76. The van der Waals surface area contributed by atoms with Gasteiger partial charge in [-0.2, -0.15) is 21.6 Å². The van der Waals surface area contributed by atoms with Crippen LogP contribution in [0.2, 0.25) is 0 Å². The molecule has 1 aliphatic rings. The lowest BCUT2D eigenvalue weighted by Crippen LogP contribution is -2.40. The van der Waals surface area contributed by atoms with Crippen LogP contribution in [0.25, 0.3) is 0 Å². The van der Waals surface area contributed by atoms with E-state index in [2.05, 4.69) is 0 Å². The van der Waals surface area contributed by atoms with E-state index in [0.29, 0.717) is 6.07 Å². The Hall–Kier alpha value is -2.82. The Bertz CT molecular complexity index is 1170. The molecule has 6 nitrogen and oxygen atoms in total. The third-order valence-corrected chi connectivity index (χ3v) is 5.94. The van der Waals surface area contributed by atoms with Gasteiger partial charge in [0.05, 0.1) is 25.8 Å². The number of ketones is 1. The van der Waals surface area contributed by atoms with E-state index in [-0.39, 0.29) is 5.56 Å². The van der Waals surface area contributed by atoms with Crippen molar-refractivity contribution in [2.24, 2.45) is 5.73 Å². The van der Waals surface area contributed by atoms with E-state index >= 15 is 0 Å². The number of hydrogen-bond acceptors (Lipinski definition) is 6. The number of carbonyl (C=O) groups excluding carboxylic acids is 1. The molecule has 0 saturated carbocycles. The molecule has 1 aliphatic heterocycles. The summed E-state index contributed by atoms with van der Waals surface area (Å²) in [5.41, 5.74) is 1.38. The Morgan fingerprint density at radius 1 is 1.00 bits per heavy atom. The second kappa shape index (κ2) is 7.40. The Labute approximate surface area is 179 Å². The molecular weight excluding hydrogens is 432 g/mol. The SMILES string of the molecule is [B]C([B])(c1ccccc1)S(=O)(=O)OC1=C(N)O[C@@]([B])(c2cccc(C(F)(F)F)c2)C1=O. The van der Waals surface area contributed by atoms with Gasteiger partial charge in [0.25, 0.3) is 0 Å². The molecule has 0 fully saturated rings. The van der Waals surface area contributed by atoms with E-state index in [9.17, 15) is 26.4 Å². The third kappa shape index (κ3) is 3.94. The van der Waals surface area contributed by atoms with Crippen molar-refractivity contribution in [3.05, 3.63) is 82.9 Å². The lowest BCUT2D eigenvalue weighted by atomic mass is 9.65. The van der Waals surface area contributed by atoms with Crippen LogP contribution >= 0.6 is 0 Å². The summed E-state index contributed by atoms with van der Waals surface area (Å²) in [5.74, 6) is -3.26. The van der Waals surface area contributed by atoms with Crippen LogP contribution in [0.3, 0.4) is 0 Å². The molecule has 0 unspecified atom stereocenters. The van der Waals surface area contributed by atoms with Crippen molar-refractivity contribution < 1.29 is 35.3 Å². The fraction of sp³-hybridized carbons (Fsp3) is 0.167.